The Bertz CT molecular complexity index is 729. The van der Waals surface area contributed by atoms with Gasteiger partial charge in [0.25, 0.3) is 5.91 Å². The van der Waals surface area contributed by atoms with Crippen LogP contribution in [0.4, 0.5) is 10.1 Å². The number of hydrogen-bond donors (Lipinski definition) is 0. The molecule has 0 spiro atoms. The minimum Gasteiger partial charge on any atom is -0.329 e. The van der Waals surface area contributed by atoms with Gasteiger partial charge in [0.1, 0.15) is 6.33 Å². The predicted molar refractivity (Wildman–Crippen MR) is 67.8 cm³/mol. The van der Waals surface area contributed by atoms with Crippen molar-refractivity contribution < 1.29 is 14.1 Å². The molecule has 108 valence electrons. The lowest BCUT2D eigenvalue weighted by molar-refractivity contribution is -0.387. The highest BCUT2D eigenvalue weighted by Crippen LogP contribution is 2.20. The maximum absolute atomic E-state index is 13.6. The Morgan fingerprint density at radius 3 is 2.90 bits per heavy atom. The lowest BCUT2D eigenvalue weighted by atomic mass is 10.1. The van der Waals surface area contributed by atoms with Crippen molar-refractivity contribution >= 4 is 11.6 Å². The zero-order valence-corrected chi connectivity index (χ0v) is 10.8. The quantitative estimate of drug-likeness (QED) is 0.607. The number of nitro groups is 1. The van der Waals surface area contributed by atoms with E-state index in [2.05, 4.69) is 10.2 Å². The molecule has 0 radical (unpaired) electrons. The highest BCUT2D eigenvalue weighted by Gasteiger charge is 2.24. The first-order valence-electron chi connectivity index (χ1n) is 6.16. The number of carbonyl (C=O) groups is 1. The summed E-state index contributed by atoms with van der Waals surface area (Å²) >= 11 is 0. The normalized spacial score (nSPS) is 13.9. The Labute approximate surface area is 118 Å². The zero-order chi connectivity index (χ0) is 15.0. The number of halogens is 1. The molecular weight excluding hydrogens is 281 g/mol. The van der Waals surface area contributed by atoms with E-state index in [1.54, 1.807) is 6.33 Å². The summed E-state index contributed by atoms with van der Waals surface area (Å²) in [7, 11) is 0. The average molecular weight is 291 g/mol. The Balaban J connectivity index is 1.83. The van der Waals surface area contributed by atoms with Gasteiger partial charge < -0.3 is 9.47 Å². The van der Waals surface area contributed by atoms with E-state index >= 15 is 0 Å². The van der Waals surface area contributed by atoms with Gasteiger partial charge >= 0.3 is 5.69 Å². The van der Waals surface area contributed by atoms with E-state index in [1.165, 1.54) is 11.0 Å². The summed E-state index contributed by atoms with van der Waals surface area (Å²) in [4.78, 5) is 23.5. The van der Waals surface area contributed by atoms with Crippen molar-refractivity contribution in [2.45, 2.75) is 13.1 Å². The Kier molecular flexibility index (Phi) is 3.09. The summed E-state index contributed by atoms with van der Waals surface area (Å²) in [6.07, 6.45) is 1.59. The second-order valence-corrected chi connectivity index (χ2v) is 4.59. The van der Waals surface area contributed by atoms with Gasteiger partial charge in [-0.1, -0.05) is 0 Å². The second-order valence-electron chi connectivity index (χ2n) is 4.59. The molecule has 8 nitrogen and oxygen atoms in total. The number of aromatic nitrogens is 3. The number of nitrogens with zero attached hydrogens (tertiary/aromatic N) is 5. The van der Waals surface area contributed by atoms with E-state index < -0.39 is 22.3 Å². The van der Waals surface area contributed by atoms with E-state index in [0.29, 0.717) is 18.9 Å². The molecule has 0 fully saturated rings. The predicted octanol–water partition coefficient (Wildman–Crippen LogP) is 0.981. The number of carbonyl (C=O) groups excluding carboxylic acids is 1. The SMILES string of the molecule is O=C(c1ccc([N+](=O)[O-])c(F)c1)N1CCn2cnnc2C1. The molecule has 3 rings (SSSR count). The number of fused-ring (bicyclic) bond motifs is 1. The van der Waals surface area contributed by atoms with Crippen molar-refractivity contribution in [3.63, 3.8) is 0 Å². The molecule has 0 saturated carbocycles. The maximum Gasteiger partial charge on any atom is 0.304 e. The first-order valence-corrected chi connectivity index (χ1v) is 6.16. The largest absolute Gasteiger partial charge is 0.329 e. The van der Waals surface area contributed by atoms with Crippen LogP contribution in [0.3, 0.4) is 0 Å². The summed E-state index contributed by atoms with van der Waals surface area (Å²) in [6.45, 7) is 1.28. The molecule has 0 atom stereocenters. The highest BCUT2D eigenvalue weighted by atomic mass is 19.1. The van der Waals surface area contributed by atoms with Crippen molar-refractivity contribution in [3.8, 4) is 0 Å². The van der Waals surface area contributed by atoms with Gasteiger partial charge in [0.15, 0.2) is 5.82 Å². The van der Waals surface area contributed by atoms with Gasteiger partial charge in [-0.3, -0.25) is 14.9 Å². The fraction of sp³-hybridized carbons (Fsp3) is 0.250. The summed E-state index contributed by atoms with van der Waals surface area (Å²) in [5.74, 6) is -0.763. The molecule has 9 heteroatoms. The summed E-state index contributed by atoms with van der Waals surface area (Å²) in [5.41, 5.74) is -0.573. The van der Waals surface area contributed by atoms with Gasteiger partial charge in [0, 0.05) is 24.7 Å². The summed E-state index contributed by atoms with van der Waals surface area (Å²) < 4.78 is 15.4. The van der Waals surface area contributed by atoms with E-state index in [4.69, 9.17) is 0 Å². The molecule has 1 aliphatic heterocycles. The standard InChI is InChI=1S/C12H10FN5O3/c13-9-5-8(1-2-10(9)18(20)21)12(19)16-3-4-17-7-14-15-11(17)6-16/h1-2,5,7H,3-4,6H2. The van der Waals surface area contributed by atoms with Crippen LogP contribution in [0.5, 0.6) is 0 Å². The van der Waals surface area contributed by atoms with Crippen molar-refractivity contribution in [3.05, 3.63) is 51.8 Å². The monoisotopic (exact) mass is 291 g/mol. The van der Waals surface area contributed by atoms with E-state index in [-0.39, 0.29) is 12.1 Å². The van der Waals surface area contributed by atoms with Crippen LogP contribution in [0.2, 0.25) is 0 Å². The minimum atomic E-state index is -1.02. The van der Waals surface area contributed by atoms with Crippen LogP contribution in [0, 0.1) is 15.9 Å². The highest BCUT2D eigenvalue weighted by molar-refractivity contribution is 5.94. The molecule has 1 amide bonds. The lowest BCUT2D eigenvalue weighted by Crippen LogP contribution is -2.38. The molecule has 1 aliphatic rings. The van der Waals surface area contributed by atoms with Crippen LogP contribution < -0.4 is 0 Å². The topological polar surface area (TPSA) is 94.2 Å². The molecule has 0 unspecified atom stereocenters. The Morgan fingerprint density at radius 1 is 1.38 bits per heavy atom. The number of hydrogen-bond acceptors (Lipinski definition) is 5. The summed E-state index contributed by atoms with van der Waals surface area (Å²) in [5, 5.41) is 18.2. The van der Waals surface area contributed by atoms with Gasteiger partial charge in [-0.05, 0) is 12.1 Å². The molecule has 0 aliphatic carbocycles. The number of amides is 1. The zero-order valence-electron chi connectivity index (χ0n) is 10.8. The molecular formula is C12H10FN5O3. The average Bonchev–Trinajstić information content (AvgIpc) is 2.93. The van der Waals surface area contributed by atoms with Crippen molar-refractivity contribution in [2.24, 2.45) is 0 Å². The fourth-order valence-corrected chi connectivity index (χ4v) is 2.21. The van der Waals surface area contributed by atoms with Gasteiger partial charge in [-0.15, -0.1) is 10.2 Å². The summed E-state index contributed by atoms with van der Waals surface area (Å²) in [6, 6.07) is 3.14. The van der Waals surface area contributed by atoms with Crippen LogP contribution in [0.1, 0.15) is 16.2 Å². The lowest BCUT2D eigenvalue weighted by Gasteiger charge is -2.27. The van der Waals surface area contributed by atoms with Gasteiger partial charge in [0.05, 0.1) is 11.5 Å². The molecule has 0 saturated heterocycles. The molecule has 2 aromatic rings. The third-order valence-corrected chi connectivity index (χ3v) is 3.32. The van der Waals surface area contributed by atoms with Crippen LogP contribution in [-0.4, -0.2) is 37.0 Å². The smallest absolute Gasteiger partial charge is 0.304 e. The van der Waals surface area contributed by atoms with Crippen LogP contribution in [0.15, 0.2) is 24.5 Å². The Morgan fingerprint density at radius 2 is 2.19 bits per heavy atom. The van der Waals surface area contributed by atoms with Crippen LogP contribution in [0.25, 0.3) is 0 Å². The van der Waals surface area contributed by atoms with Gasteiger partial charge in [-0.25, -0.2) is 0 Å². The van der Waals surface area contributed by atoms with Gasteiger partial charge in [-0.2, -0.15) is 4.39 Å². The molecule has 1 aromatic heterocycles. The number of benzene rings is 1. The Hall–Kier alpha value is -2.84. The molecule has 21 heavy (non-hydrogen) atoms. The maximum atomic E-state index is 13.6. The number of nitro benzene ring substituents is 1. The third kappa shape index (κ3) is 2.33. The van der Waals surface area contributed by atoms with Gasteiger partial charge in [0.2, 0.25) is 5.82 Å². The van der Waals surface area contributed by atoms with Crippen molar-refractivity contribution in [2.75, 3.05) is 6.54 Å². The van der Waals surface area contributed by atoms with E-state index in [1.807, 2.05) is 4.57 Å². The molecule has 0 N–H and O–H groups in total. The third-order valence-electron chi connectivity index (χ3n) is 3.32. The second kappa shape index (κ2) is 4.93. The van der Waals surface area contributed by atoms with Crippen LogP contribution in [-0.2, 0) is 13.1 Å². The first kappa shape index (κ1) is 13.2. The van der Waals surface area contributed by atoms with E-state index in [0.717, 1.165) is 12.1 Å². The van der Waals surface area contributed by atoms with Crippen molar-refractivity contribution in [1.29, 1.82) is 0 Å². The molecule has 2 heterocycles. The number of rotatable bonds is 2. The fourth-order valence-electron chi connectivity index (χ4n) is 2.21. The van der Waals surface area contributed by atoms with Crippen LogP contribution >= 0.6 is 0 Å². The minimum absolute atomic E-state index is 0.0751. The first-order chi connectivity index (χ1) is 10.1. The van der Waals surface area contributed by atoms with E-state index in [9.17, 15) is 19.3 Å². The van der Waals surface area contributed by atoms with Crippen molar-refractivity contribution in [1.82, 2.24) is 19.7 Å². The molecule has 0 bridgehead atoms. The molecule has 1 aromatic carbocycles.